The van der Waals surface area contributed by atoms with Gasteiger partial charge in [0.1, 0.15) is 17.4 Å². The molecular formula is C35H28F2N2O4. The van der Waals surface area contributed by atoms with Crippen molar-refractivity contribution in [1.29, 1.82) is 0 Å². The number of nitrogens with zero attached hydrogens (tertiary/aromatic N) is 1. The van der Waals surface area contributed by atoms with E-state index in [1.165, 1.54) is 4.57 Å². The lowest BCUT2D eigenvalue weighted by Crippen LogP contribution is -2.26. The van der Waals surface area contributed by atoms with E-state index in [1.807, 2.05) is 54.6 Å². The highest BCUT2D eigenvalue weighted by atomic mass is 19.1. The van der Waals surface area contributed by atoms with Crippen molar-refractivity contribution in [1.82, 2.24) is 9.55 Å². The number of para-hydroxylation sites is 2. The summed E-state index contributed by atoms with van der Waals surface area (Å²) in [5.41, 5.74) is 2.31. The third kappa shape index (κ3) is 5.28. The van der Waals surface area contributed by atoms with Crippen LogP contribution in [-0.4, -0.2) is 27.2 Å². The number of hydrogen-bond acceptors (Lipinski definition) is 4. The molecule has 0 amide bonds. The van der Waals surface area contributed by atoms with Gasteiger partial charge in [0, 0.05) is 41.0 Å². The predicted molar refractivity (Wildman–Crippen MR) is 161 cm³/mol. The molecule has 2 heterocycles. The minimum absolute atomic E-state index is 0.0145. The van der Waals surface area contributed by atoms with Crippen molar-refractivity contribution in [3.63, 3.8) is 0 Å². The normalized spacial score (nSPS) is 12.1. The Labute approximate surface area is 245 Å². The second-order valence-electron chi connectivity index (χ2n) is 10.4. The third-order valence-electron chi connectivity index (χ3n) is 7.81. The molecule has 1 atom stereocenters. The van der Waals surface area contributed by atoms with Gasteiger partial charge in [-0.05, 0) is 47.5 Å². The van der Waals surface area contributed by atoms with Crippen LogP contribution in [0.15, 0.2) is 102 Å². The second kappa shape index (κ2) is 11.6. The number of fused-ring (bicyclic) bond motifs is 2. The van der Waals surface area contributed by atoms with E-state index in [0.717, 1.165) is 29.1 Å². The van der Waals surface area contributed by atoms with Crippen molar-refractivity contribution < 1.29 is 23.4 Å². The first-order valence-corrected chi connectivity index (χ1v) is 13.9. The maximum Gasteiger partial charge on any atom is 0.310 e. The number of aromatic nitrogens is 2. The average molecular weight is 579 g/mol. The Hall–Kier alpha value is -5.24. The fourth-order valence-corrected chi connectivity index (χ4v) is 5.77. The number of carbonyl (C=O) groups is 1. The van der Waals surface area contributed by atoms with E-state index in [-0.39, 0.29) is 36.3 Å². The molecular weight excluding hydrogens is 550 g/mol. The number of benzene rings is 4. The van der Waals surface area contributed by atoms with Crippen molar-refractivity contribution in [2.75, 3.05) is 6.61 Å². The van der Waals surface area contributed by atoms with Gasteiger partial charge in [0.15, 0.2) is 0 Å². The molecule has 0 spiro atoms. The molecule has 0 bridgehead atoms. The van der Waals surface area contributed by atoms with Crippen molar-refractivity contribution in [2.45, 2.75) is 18.8 Å². The molecule has 0 aliphatic rings. The number of esters is 1. The Bertz CT molecular complexity index is 2030. The molecule has 216 valence electrons. The minimum atomic E-state index is -1.21. The van der Waals surface area contributed by atoms with E-state index in [9.17, 15) is 19.1 Å². The van der Waals surface area contributed by atoms with Crippen LogP contribution in [0.1, 0.15) is 33.9 Å². The van der Waals surface area contributed by atoms with Crippen LogP contribution in [0.4, 0.5) is 8.78 Å². The van der Waals surface area contributed by atoms with Gasteiger partial charge >= 0.3 is 5.97 Å². The Morgan fingerprint density at radius 3 is 2.42 bits per heavy atom. The smallest absolute Gasteiger partial charge is 0.310 e. The molecule has 4 aromatic carbocycles. The first-order chi connectivity index (χ1) is 20.8. The zero-order valence-corrected chi connectivity index (χ0v) is 23.3. The molecule has 0 fully saturated rings. The van der Waals surface area contributed by atoms with E-state index < -0.39 is 29.1 Å². The van der Waals surface area contributed by atoms with E-state index in [0.29, 0.717) is 27.7 Å². The lowest BCUT2D eigenvalue weighted by atomic mass is 9.84. The lowest BCUT2D eigenvalue weighted by molar-refractivity contribution is -0.142. The number of aryl methyl sites for hydroxylation is 1. The van der Waals surface area contributed by atoms with Gasteiger partial charge in [-0.3, -0.25) is 9.59 Å². The summed E-state index contributed by atoms with van der Waals surface area (Å²) < 4.78 is 37.2. The van der Waals surface area contributed by atoms with E-state index in [2.05, 4.69) is 4.98 Å². The number of pyridine rings is 1. The average Bonchev–Trinajstić information content (AvgIpc) is 3.38. The highest BCUT2D eigenvalue weighted by Gasteiger charge is 2.32. The van der Waals surface area contributed by atoms with E-state index >= 15 is 4.39 Å². The molecule has 6 rings (SSSR count). The molecule has 8 heteroatoms. The SMILES string of the molecule is Cn1c(=O)c(C(c2cc(F)ccc2F)c2[nH]c3ccccc3c2CCOC(=O)Cc2ccccc2)c(O)c2ccccc21. The Kier molecular flexibility index (Phi) is 7.50. The van der Waals surface area contributed by atoms with Crippen LogP contribution in [0.3, 0.4) is 0 Å². The van der Waals surface area contributed by atoms with Crippen LogP contribution in [0.2, 0.25) is 0 Å². The van der Waals surface area contributed by atoms with Gasteiger partial charge in [-0.2, -0.15) is 0 Å². The van der Waals surface area contributed by atoms with Crippen molar-refractivity contribution in [2.24, 2.45) is 7.05 Å². The van der Waals surface area contributed by atoms with Crippen LogP contribution in [-0.2, 0) is 29.4 Å². The topological polar surface area (TPSA) is 84.3 Å². The number of halogens is 2. The largest absolute Gasteiger partial charge is 0.507 e. The maximum atomic E-state index is 15.6. The Morgan fingerprint density at radius 2 is 1.63 bits per heavy atom. The second-order valence-corrected chi connectivity index (χ2v) is 10.4. The molecule has 6 nitrogen and oxygen atoms in total. The van der Waals surface area contributed by atoms with Crippen molar-refractivity contribution in [3.8, 4) is 5.75 Å². The number of rotatable bonds is 8. The fraction of sp³-hybridized carbons (Fsp3) is 0.143. The summed E-state index contributed by atoms with van der Waals surface area (Å²) in [5.74, 6) is -3.35. The van der Waals surface area contributed by atoms with Crippen LogP contribution >= 0.6 is 0 Å². The van der Waals surface area contributed by atoms with Crippen LogP contribution in [0, 0.1) is 11.6 Å². The van der Waals surface area contributed by atoms with Gasteiger partial charge in [-0.1, -0.05) is 60.7 Å². The van der Waals surface area contributed by atoms with Crippen LogP contribution in [0.25, 0.3) is 21.8 Å². The van der Waals surface area contributed by atoms with E-state index in [4.69, 9.17) is 4.74 Å². The number of H-pyrrole nitrogens is 1. The summed E-state index contributed by atoms with van der Waals surface area (Å²) in [6.07, 6.45) is 0.335. The molecule has 0 radical (unpaired) electrons. The molecule has 0 saturated carbocycles. The zero-order chi connectivity index (χ0) is 30.1. The lowest BCUT2D eigenvalue weighted by Gasteiger charge is -2.22. The molecule has 2 aromatic heterocycles. The standard InChI is InChI=1S/C35H28F2N2O4/c1-39-29-14-8-6-12-25(29)34(41)32(35(39)42)31(26-20-22(36)15-16-27(26)37)33-24(23-11-5-7-13-28(23)38-33)17-18-43-30(40)19-21-9-3-2-4-10-21/h2-16,20,31,38,41H,17-19H2,1H3. The maximum absolute atomic E-state index is 15.6. The highest BCUT2D eigenvalue weighted by molar-refractivity contribution is 5.88. The van der Waals surface area contributed by atoms with Gasteiger partial charge in [0.2, 0.25) is 0 Å². The number of aromatic hydroxyl groups is 1. The minimum Gasteiger partial charge on any atom is -0.507 e. The molecule has 2 N–H and O–H groups in total. The van der Waals surface area contributed by atoms with Crippen molar-refractivity contribution in [3.05, 3.63) is 147 Å². The summed E-state index contributed by atoms with van der Waals surface area (Å²) in [7, 11) is 1.57. The molecule has 0 saturated heterocycles. The summed E-state index contributed by atoms with van der Waals surface area (Å²) >= 11 is 0. The fourth-order valence-electron chi connectivity index (χ4n) is 5.77. The molecule has 1 unspecified atom stereocenters. The number of ether oxygens (including phenoxy) is 1. The monoisotopic (exact) mass is 578 g/mol. The third-order valence-corrected chi connectivity index (χ3v) is 7.81. The summed E-state index contributed by atoms with van der Waals surface area (Å²) in [5, 5.41) is 12.7. The Balaban J connectivity index is 1.50. The van der Waals surface area contributed by atoms with Crippen LogP contribution < -0.4 is 5.56 Å². The number of nitrogens with one attached hydrogen (secondary N) is 1. The van der Waals surface area contributed by atoms with Gasteiger partial charge in [-0.15, -0.1) is 0 Å². The first kappa shape index (κ1) is 27.9. The summed E-state index contributed by atoms with van der Waals surface area (Å²) in [6.45, 7) is 0.0145. The number of aromatic amines is 1. The first-order valence-electron chi connectivity index (χ1n) is 13.9. The predicted octanol–water partition coefficient (Wildman–Crippen LogP) is 6.51. The summed E-state index contributed by atoms with van der Waals surface area (Å²) in [4.78, 5) is 29.8. The Morgan fingerprint density at radius 1 is 0.930 bits per heavy atom. The number of carbonyl (C=O) groups excluding carboxylic acids is 1. The van der Waals surface area contributed by atoms with Gasteiger partial charge in [0.05, 0.1) is 30.0 Å². The highest BCUT2D eigenvalue weighted by Crippen LogP contribution is 2.42. The van der Waals surface area contributed by atoms with Gasteiger partial charge < -0.3 is 19.4 Å². The molecule has 6 aromatic rings. The molecule has 0 aliphatic heterocycles. The summed E-state index contributed by atoms with van der Waals surface area (Å²) in [6, 6.07) is 26.5. The molecule has 43 heavy (non-hydrogen) atoms. The van der Waals surface area contributed by atoms with Gasteiger partial charge in [-0.25, -0.2) is 8.78 Å². The van der Waals surface area contributed by atoms with Gasteiger partial charge in [0.25, 0.3) is 5.56 Å². The van der Waals surface area contributed by atoms with Crippen molar-refractivity contribution >= 4 is 27.8 Å². The number of hydrogen-bond donors (Lipinski definition) is 2. The van der Waals surface area contributed by atoms with Crippen LogP contribution in [0.5, 0.6) is 5.75 Å². The zero-order valence-electron chi connectivity index (χ0n) is 23.3. The van der Waals surface area contributed by atoms with E-state index in [1.54, 1.807) is 31.3 Å². The quantitative estimate of drug-likeness (QED) is 0.202. The molecule has 0 aliphatic carbocycles.